The number of aliphatic carboxylic acids is 1. The average molecular weight is 472 g/mol. The summed E-state index contributed by atoms with van der Waals surface area (Å²) in [6, 6.07) is 4.51. The Kier molecular flexibility index (Phi) is 7.82. The Bertz CT molecular complexity index is 972. The van der Waals surface area contributed by atoms with E-state index >= 15 is 0 Å². The second kappa shape index (κ2) is 10.2. The number of fused-ring (bicyclic) bond motifs is 2. The number of hydrogen-bond acceptors (Lipinski definition) is 3. The first-order valence-electron chi connectivity index (χ1n) is 10.8. The van der Waals surface area contributed by atoms with Crippen molar-refractivity contribution in [3.63, 3.8) is 0 Å². The first-order valence-corrected chi connectivity index (χ1v) is 12.3. The standard InChI is InChI=1S/C23H28F3NO4S/c24-23(25,26)19-6-4-5-16(13-19)11-12-32(30,31)27-15-21-18-10-9-17(14-18)20(21)7-2-1-3-8-22(28)29/h2,4-7,11-13,17-18,20-21,27H,1,3,8-10,14-15H2,(H,28,29). The van der Waals surface area contributed by atoms with Crippen molar-refractivity contribution < 1.29 is 31.5 Å². The molecule has 2 bridgehead atoms. The molecule has 0 radical (unpaired) electrons. The van der Waals surface area contributed by atoms with E-state index in [-0.39, 0.29) is 30.4 Å². The summed E-state index contributed by atoms with van der Waals surface area (Å²) in [5.41, 5.74) is -0.669. The lowest BCUT2D eigenvalue weighted by molar-refractivity contribution is -0.138. The quantitative estimate of drug-likeness (QED) is 0.369. The predicted molar refractivity (Wildman–Crippen MR) is 116 cm³/mol. The molecule has 2 aliphatic rings. The maximum absolute atomic E-state index is 12.8. The molecular weight excluding hydrogens is 443 g/mol. The largest absolute Gasteiger partial charge is 0.481 e. The van der Waals surface area contributed by atoms with E-state index in [1.54, 1.807) is 0 Å². The first-order chi connectivity index (χ1) is 15.0. The van der Waals surface area contributed by atoms with Crippen LogP contribution < -0.4 is 4.72 Å². The van der Waals surface area contributed by atoms with Crippen LogP contribution in [0.4, 0.5) is 13.2 Å². The van der Waals surface area contributed by atoms with Crippen molar-refractivity contribution in [2.24, 2.45) is 23.7 Å². The fraction of sp³-hybridized carbons (Fsp3) is 0.522. The van der Waals surface area contributed by atoms with Gasteiger partial charge in [0.05, 0.1) is 5.56 Å². The van der Waals surface area contributed by atoms with Crippen molar-refractivity contribution in [2.45, 2.75) is 44.7 Å². The highest BCUT2D eigenvalue weighted by molar-refractivity contribution is 7.92. The van der Waals surface area contributed by atoms with Gasteiger partial charge in [-0.1, -0.05) is 24.3 Å². The van der Waals surface area contributed by atoms with Gasteiger partial charge < -0.3 is 5.11 Å². The number of carboxylic acids is 1. The van der Waals surface area contributed by atoms with Crippen LogP contribution in [0.3, 0.4) is 0 Å². The smallest absolute Gasteiger partial charge is 0.416 e. The van der Waals surface area contributed by atoms with Crippen molar-refractivity contribution in [3.05, 3.63) is 53.0 Å². The van der Waals surface area contributed by atoms with Crippen molar-refractivity contribution in [2.75, 3.05) is 6.54 Å². The van der Waals surface area contributed by atoms with Gasteiger partial charge in [-0.05, 0) is 79.5 Å². The molecule has 0 amide bonds. The molecule has 0 spiro atoms. The Morgan fingerprint density at radius 3 is 2.69 bits per heavy atom. The lowest BCUT2D eigenvalue weighted by Gasteiger charge is -2.29. The normalized spacial score (nSPS) is 25.8. The maximum Gasteiger partial charge on any atom is 0.416 e. The summed E-state index contributed by atoms with van der Waals surface area (Å²) in [6.45, 7) is 0.278. The number of unbranched alkanes of at least 4 members (excludes halogenated alkanes) is 1. The molecule has 4 atom stereocenters. The Labute approximate surface area is 186 Å². The Balaban J connectivity index is 1.58. The molecule has 1 aromatic carbocycles. The van der Waals surface area contributed by atoms with E-state index in [4.69, 9.17) is 5.11 Å². The van der Waals surface area contributed by atoms with Gasteiger partial charge in [0.15, 0.2) is 0 Å². The van der Waals surface area contributed by atoms with Gasteiger partial charge in [-0.3, -0.25) is 4.79 Å². The zero-order valence-electron chi connectivity index (χ0n) is 17.6. The van der Waals surface area contributed by atoms with Crippen LogP contribution in [0.25, 0.3) is 6.08 Å². The Morgan fingerprint density at radius 1 is 1.22 bits per heavy atom. The zero-order chi connectivity index (χ0) is 23.4. The summed E-state index contributed by atoms with van der Waals surface area (Å²) in [5.74, 6) is 0.577. The molecule has 2 saturated carbocycles. The fourth-order valence-corrected chi connectivity index (χ4v) is 5.79. The number of hydrogen-bond donors (Lipinski definition) is 2. The first kappa shape index (κ1) is 24.5. The van der Waals surface area contributed by atoms with Gasteiger partial charge in [0.25, 0.3) is 0 Å². The molecule has 3 rings (SSSR count). The molecule has 2 aliphatic carbocycles. The zero-order valence-corrected chi connectivity index (χ0v) is 18.4. The van der Waals surface area contributed by atoms with Crippen LogP contribution in [-0.4, -0.2) is 26.0 Å². The molecule has 0 aromatic heterocycles. The van der Waals surface area contributed by atoms with E-state index in [0.29, 0.717) is 24.7 Å². The van der Waals surface area contributed by atoms with Crippen molar-refractivity contribution in [3.8, 4) is 0 Å². The third-order valence-electron chi connectivity index (χ3n) is 6.45. The lowest BCUT2D eigenvalue weighted by Crippen LogP contribution is -2.34. The molecular formula is C23H28F3NO4S. The Morgan fingerprint density at radius 2 is 1.97 bits per heavy atom. The molecule has 1 aromatic rings. The molecule has 2 fully saturated rings. The number of sulfonamides is 1. The van der Waals surface area contributed by atoms with Crippen LogP contribution in [0, 0.1) is 23.7 Å². The van der Waals surface area contributed by atoms with Crippen molar-refractivity contribution >= 4 is 22.1 Å². The Hall–Kier alpha value is -2.13. The van der Waals surface area contributed by atoms with Gasteiger partial charge in [0, 0.05) is 18.4 Å². The second-order valence-electron chi connectivity index (χ2n) is 8.61. The summed E-state index contributed by atoms with van der Waals surface area (Å²) < 4.78 is 65.9. The molecule has 9 heteroatoms. The SMILES string of the molecule is O=C(O)CCCC=CC1C2CCC(C2)C1CNS(=O)(=O)C=Cc1cccc(C(F)(F)F)c1. The number of benzene rings is 1. The van der Waals surface area contributed by atoms with Crippen LogP contribution in [0.5, 0.6) is 0 Å². The lowest BCUT2D eigenvalue weighted by atomic mass is 9.79. The fourth-order valence-electron chi connectivity index (χ4n) is 4.93. The molecule has 0 aliphatic heterocycles. The van der Waals surface area contributed by atoms with E-state index in [9.17, 15) is 26.4 Å². The second-order valence-corrected chi connectivity index (χ2v) is 10.3. The summed E-state index contributed by atoms with van der Waals surface area (Å²) in [6.07, 6.45) is 5.43. The van der Waals surface area contributed by atoms with Gasteiger partial charge >= 0.3 is 12.1 Å². The number of carbonyl (C=O) groups is 1. The molecule has 2 N–H and O–H groups in total. The number of nitrogens with one attached hydrogen (secondary N) is 1. The molecule has 4 unspecified atom stereocenters. The van der Waals surface area contributed by atoms with Gasteiger partial charge in [0.1, 0.15) is 0 Å². The number of carboxylic acid groups (broad SMARTS) is 1. The van der Waals surface area contributed by atoms with Crippen LogP contribution in [0.1, 0.15) is 49.7 Å². The summed E-state index contributed by atoms with van der Waals surface area (Å²) in [5, 5.41) is 9.63. The van der Waals surface area contributed by atoms with Crippen molar-refractivity contribution in [1.82, 2.24) is 4.72 Å². The van der Waals surface area contributed by atoms with E-state index in [2.05, 4.69) is 10.8 Å². The average Bonchev–Trinajstić information content (AvgIpc) is 3.32. The molecule has 5 nitrogen and oxygen atoms in total. The maximum atomic E-state index is 12.8. The monoisotopic (exact) mass is 471 g/mol. The van der Waals surface area contributed by atoms with Crippen LogP contribution in [0.2, 0.25) is 0 Å². The topological polar surface area (TPSA) is 83.5 Å². The molecule has 0 saturated heterocycles. The predicted octanol–water partition coefficient (Wildman–Crippen LogP) is 5.07. The summed E-state index contributed by atoms with van der Waals surface area (Å²) in [4.78, 5) is 10.6. The number of alkyl halides is 3. The van der Waals surface area contributed by atoms with Crippen LogP contribution in [0.15, 0.2) is 41.8 Å². The van der Waals surface area contributed by atoms with E-state index < -0.39 is 27.7 Å². The highest BCUT2D eigenvalue weighted by Crippen LogP contribution is 2.52. The van der Waals surface area contributed by atoms with E-state index in [1.807, 2.05) is 6.08 Å². The minimum atomic E-state index is -4.49. The number of halogens is 3. The number of rotatable bonds is 10. The van der Waals surface area contributed by atoms with Gasteiger partial charge in [-0.15, -0.1) is 0 Å². The highest BCUT2D eigenvalue weighted by Gasteiger charge is 2.46. The van der Waals surface area contributed by atoms with Crippen molar-refractivity contribution in [1.29, 1.82) is 0 Å². The van der Waals surface area contributed by atoms with Crippen LogP contribution >= 0.6 is 0 Å². The van der Waals surface area contributed by atoms with E-state index in [0.717, 1.165) is 42.9 Å². The highest BCUT2D eigenvalue weighted by atomic mass is 32.2. The number of allylic oxidation sites excluding steroid dienone is 2. The third-order valence-corrected chi connectivity index (χ3v) is 7.51. The minimum absolute atomic E-state index is 0.127. The molecule has 0 heterocycles. The third kappa shape index (κ3) is 6.68. The van der Waals surface area contributed by atoms with Gasteiger partial charge in [0.2, 0.25) is 10.0 Å². The molecule has 32 heavy (non-hydrogen) atoms. The van der Waals surface area contributed by atoms with Gasteiger partial charge in [-0.25, -0.2) is 13.1 Å². The van der Waals surface area contributed by atoms with Gasteiger partial charge in [-0.2, -0.15) is 13.2 Å². The van der Waals surface area contributed by atoms with E-state index in [1.165, 1.54) is 12.1 Å². The molecule has 176 valence electrons. The van der Waals surface area contributed by atoms with Crippen LogP contribution in [-0.2, 0) is 21.0 Å². The minimum Gasteiger partial charge on any atom is -0.481 e. The summed E-state index contributed by atoms with van der Waals surface area (Å²) >= 11 is 0. The summed E-state index contributed by atoms with van der Waals surface area (Å²) in [7, 11) is -3.80.